The van der Waals surface area contributed by atoms with Gasteiger partial charge in [0, 0.05) is 17.8 Å². The lowest BCUT2D eigenvalue weighted by Gasteiger charge is -2.22. The summed E-state index contributed by atoms with van der Waals surface area (Å²) in [6.07, 6.45) is 2.22. The molecule has 0 aromatic rings. The first-order valence-corrected chi connectivity index (χ1v) is 8.33. The first-order valence-electron chi connectivity index (χ1n) is 5.12. The third kappa shape index (κ3) is 3.94. The summed E-state index contributed by atoms with van der Waals surface area (Å²) in [6.45, 7) is 2.06. The zero-order chi connectivity index (χ0) is 11.5. The maximum Gasteiger partial charge on any atom is 0.154 e. The van der Waals surface area contributed by atoms with Crippen molar-refractivity contribution >= 4 is 21.6 Å². The molecule has 1 saturated heterocycles. The highest BCUT2D eigenvalue weighted by atomic mass is 32.2. The highest BCUT2D eigenvalue weighted by Crippen LogP contribution is 2.14. The van der Waals surface area contributed by atoms with E-state index in [9.17, 15) is 13.5 Å². The molecule has 1 heterocycles. The Balaban J connectivity index is 2.51. The summed E-state index contributed by atoms with van der Waals surface area (Å²) < 4.78 is 22.5. The van der Waals surface area contributed by atoms with Crippen molar-refractivity contribution in [1.82, 2.24) is 5.32 Å². The fraction of sp³-hybridized carbons (Fsp3) is 1.00. The van der Waals surface area contributed by atoms with Gasteiger partial charge in [0.1, 0.15) is 0 Å². The van der Waals surface area contributed by atoms with Gasteiger partial charge in [-0.25, -0.2) is 8.42 Å². The van der Waals surface area contributed by atoms with Gasteiger partial charge in [0.25, 0.3) is 0 Å². The van der Waals surface area contributed by atoms with Crippen molar-refractivity contribution in [2.45, 2.75) is 31.5 Å². The average molecular weight is 253 g/mol. The molecule has 0 saturated carbocycles. The SMILES string of the molecule is CCC(CSC)NC1CS(=O)(=O)CC1O. The molecule has 0 radical (unpaired) electrons. The van der Waals surface area contributed by atoms with Crippen molar-refractivity contribution in [3.63, 3.8) is 0 Å². The summed E-state index contributed by atoms with van der Waals surface area (Å²) in [5.74, 6) is 0.916. The molecule has 3 atom stereocenters. The normalized spacial score (nSPS) is 31.7. The monoisotopic (exact) mass is 253 g/mol. The molecule has 15 heavy (non-hydrogen) atoms. The zero-order valence-electron chi connectivity index (χ0n) is 9.14. The van der Waals surface area contributed by atoms with Crippen molar-refractivity contribution in [3.8, 4) is 0 Å². The molecule has 0 aromatic carbocycles. The van der Waals surface area contributed by atoms with Gasteiger partial charge < -0.3 is 10.4 Å². The van der Waals surface area contributed by atoms with Gasteiger partial charge >= 0.3 is 0 Å². The van der Waals surface area contributed by atoms with Crippen molar-refractivity contribution in [1.29, 1.82) is 0 Å². The lowest BCUT2D eigenvalue weighted by molar-refractivity contribution is 0.160. The Labute approximate surface area is 95.7 Å². The summed E-state index contributed by atoms with van der Waals surface area (Å²) >= 11 is 1.73. The van der Waals surface area contributed by atoms with Crippen molar-refractivity contribution in [2.24, 2.45) is 0 Å². The van der Waals surface area contributed by atoms with Crippen LogP contribution in [-0.2, 0) is 9.84 Å². The van der Waals surface area contributed by atoms with Crippen LogP contribution in [0.3, 0.4) is 0 Å². The van der Waals surface area contributed by atoms with Crippen LogP contribution in [0.5, 0.6) is 0 Å². The Morgan fingerprint density at radius 1 is 1.53 bits per heavy atom. The number of thioether (sulfide) groups is 1. The van der Waals surface area contributed by atoms with Gasteiger partial charge in [-0.1, -0.05) is 6.92 Å². The van der Waals surface area contributed by atoms with Crippen LogP contribution >= 0.6 is 11.8 Å². The van der Waals surface area contributed by atoms with E-state index in [-0.39, 0.29) is 23.6 Å². The Morgan fingerprint density at radius 3 is 2.60 bits per heavy atom. The van der Waals surface area contributed by atoms with E-state index in [1.165, 1.54) is 0 Å². The summed E-state index contributed by atoms with van der Waals surface area (Å²) in [4.78, 5) is 0. The fourth-order valence-electron chi connectivity index (χ4n) is 1.78. The third-order valence-electron chi connectivity index (χ3n) is 2.63. The number of nitrogens with one attached hydrogen (secondary N) is 1. The van der Waals surface area contributed by atoms with E-state index >= 15 is 0 Å². The molecular formula is C9H19NO3S2. The lowest BCUT2D eigenvalue weighted by Crippen LogP contribution is -2.45. The second kappa shape index (κ2) is 5.52. The second-order valence-electron chi connectivity index (χ2n) is 3.98. The smallest absolute Gasteiger partial charge is 0.154 e. The number of hydrogen-bond donors (Lipinski definition) is 2. The highest BCUT2D eigenvalue weighted by molar-refractivity contribution is 7.98. The minimum absolute atomic E-state index is 0.0685. The Kier molecular flexibility index (Phi) is 4.89. The predicted molar refractivity (Wildman–Crippen MR) is 64.0 cm³/mol. The number of aliphatic hydroxyl groups is 1. The lowest BCUT2D eigenvalue weighted by atomic mass is 10.1. The van der Waals surface area contributed by atoms with Crippen molar-refractivity contribution in [2.75, 3.05) is 23.5 Å². The number of hydrogen-bond acceptors (Lipinski definition) is 5. The maximum absolute atomic E-state index is 11.3. The molecule has 1 aliphatic rings. The molecule has 0 bridgehead atoms. The van der Waals surface area contributed by atoms with E-state index in [0.717, 1.165) is 12.2 Å². The van der Waals surface area contributed by atoms with Crippen LogP contribution in [0.4, 0.5) is 0 Å². The van der Waals surface area contributed by atoms with E-state index in [4.69, 9.17) is 0 Å². The van der Waals surface area contributed by atoms with E-state index < -0.39 is 15.9 Å². The van der Waals surface area contributed by atoms with Gasteiger partial charge in [-0.05, 0) is 12.7 Å². The maximum atomic E-state index is 11.3. The molecule has 2 N–H and O–H groups in total. The number of aliphatic hydroxyl groups excluding tert-OH is 1. The minimum Gasteiger partial charge on any atom is -0.390 e. The first kappa shape index (κ1) is 13.3. The summed E-state index contributed by atoms with van der Waals surface area (Å²) in [6, 6.07) is 0.0000463. The van der Waals surface area contributed by atoms with E-state index in [1.54, 1.807) is 11.8 Å². The van der Waals surface area contributed by atoms with Gasteiger partial charge in [-0.15, -0.1) is 0 Å². The van der Waals surface area contributed by atoms with Crippen molar-refractivity contribution < 1.29 is 13.5 Å². The molecule has 1 fully saturated rings. The molecule has 4 nitrogen and oxygen atoms in total. The van der Waals surface area contributed by atoms with Crippen molar-refractivity contribution in [3.05, 3.63) is 0 Å². The molecule has 0 aliphatic carbocycles. The fourth-order valence-corrected chi connectivity index (χ4v) is 4.26. The largest absolute Gasteiger partial charge is 0.390 e. The van der Waals surface area contributed by atoms with Gasteiger partial charge in [0.05, 0.1) is 17.6 Å². The van der Waals surface area contributed by atoms with Gasteiger partial charge in [0.15, 0.2) is 9.84 Å². The second-order valence-corrected chi connectivity index (χ2v) is 7.04. The minimum atomic E-state index is -3.03. The molecular weight excluding hydrogens is 234 g/mol. The van der Waals surface area contributed by atoms with Crippen LogP contribution in [0.25, 0.3) is 0 Å². The molecule has 0 amide bonds. The van der Waals surface area contributed by atoms with Gasteiger partial charge in [-0.3, -0.25) is 0 Å². The summed E-state index contributed by atoms with van der Waals surface area (Å²) in [5.41, 5.74) is 0. The predicted octanol–water partition coefficient (Wildman–Crippen LogP) is -0.124. The van der Waals surface area contributed by atoms with Gasteiger partial charge in [0.2, 0.25) is 0 Å². The highest BCUT2D eigenvalue weighted by Gasteiger charge is 2.36. The quantitative estimate of drug-likeness (QED) is 0.715. The van der Waals surface area contributed by atoms with Crippen LogP contribution in [0, 0.1) is 0 Å². The number of rotatable bonds is 5. The van der Waals surface area contributed by atoms with Crippen LogP contribution in [0.2, 0.25) is 0 Å². The molecule has 3 unspecified atom stereocenters. The van der Waals surface area contributed by atoms with E-state index in [1.807, 2.05) is 6.26 Å². The van der Waals surface area contributed by atoms with Gasteiger partial charge in [-0.2, -0.15) is 11.8 Å². The van der Waals surface area contributed by atoms with Crippen LogP contribution in [-0.4, -0.2) is 55.2 Å². The number of sulfone groups is 1. The van der Waals surface area contributed by atoms with E-state index in [0.29, 0.717) is 0 Å². The Hall–Kier alpha value is 0.220. The van der Waals surface area contributed by atoms with Crippen LogP contribution in [0.15, 0.2) is 0 Å². The molecule has 0 spiro atoms. The molecule has 1 aliphatic heterocycles. The first-order chi connectivity index (χ1) is 6.98. The Morgan fingerprint density at radius 2 is 2.20 bits per heavy atom. The zero-order valence-corrected chi connectivity index (χ0v) is 10.8. The van der Waals surface area contributed by atoms with Crippen LogP contribution in [0.1, 0.15) is 13.3 Å². The standard InChI is InChI=1S/C9H19NO3S2/c1-3-7(4-14-2)10-8-5-15(12,13)6-9(8)11/h7-11H,3-6H2,1-2H3. The summed E-state index contributed by atoms with van der Waals surface area (Å²) in [5, 5.41) is 12.8. The Bertz CT molecular complexity index is 292. The molecule has 1 rings (SSSR count). The van der Waals surface area contributed by atoms with E-state index in [2.05, 4.69) is 12.2 Å². The molecule has 6 heteroatoms. The van der Waals surface area contributed by atoms with Crippen LogP contribution < -0.4 is 5.32 Å². The topological polar surface area (TPSA) is 66.4 Å². The average Bonchev–Trinajstić information content (AvgIpc) is 2.39. The summed E-state index contributed by atoms with van der Waals surface area (Å²) in [7, 11) is -3.03. The molecule has 0 aromatic heterocycles. The third-order valence-corrected chi connectivity index (χ3v) is 5.09. The molecule has 90 valence electrons.